The molecule has 6 heavy (non-hydrogen) atoms. The first-order valence-electron chi connectivity index (χ1n) is 1.40. The number of ether oxygens (including phenoxy) is 1. The van der Waals surface area contributed by atoms with E-state index in [4.69, 9.17) is 4.79 Å². The van der Waals surface area contributed by atoms with E-state index in [0.717, 1.165) is 0 Å². The fraction of sp³-hybridized carbons (Fsp3) is 0.667. The van der Waals surface area contributed by atoms with Crippen molar-refractivity contribution in [3.8, 4) is 0 Å². The van der Waals surface area contributed by atoms with Gasteiger partial charge in [0.05, 0.1) is 0 Å². The van der Waals surface area contributed by atoms with Crippen LogP contribution in [0.1, 0.15) is 6.92 Å². The molecule has 0 amide bonds. The zero-order chi connectivity index (χ0) is 4.12. The van der Waals surface area contributed by atoms with Gasteiger partial charge >= 0.3 is 51.4 Å². The van der Waals surface area contributed by atoms with Crippen molar-refractivity contribution in [1.29, 1.82) is 0 Å². The molecule has 0 aromatic carbocycles. The Morgan fingerprint density at radius 3 is 2.33 bits per heavy atom. The third kappa shape index (κ3) is 8.92. The molecule has 0 atom stereocenters. The van der Waals surface area contributed by atoms with Gasteiger partial charge in [0.15, 0.2) is 0 Å². The SMILES string of the molecule is CCO[C-]=O.[K+]. The summed E-state index contributed by atoms with van der Waals surface area (Å²) in [5.74, 6) is 0. The predicted octanol–water partition coefficient (Wildman–Crippen LogP) is -2.91. The molecular weight excluding hydrogens is 107 g/mol. The van der Waals surface area contributed by atoms with Crippen molar-refractivity contribution >= 4 is 6.47 Å². The standard InChI is InChI=1S/C3H5O2.K/c1-2-5-3-4;/h2H2,1H3;/q-1;+1. The second kappa shape index (κ2) is 9.44. The minimum Gasteiger partial charge on any atom is -0.653 e. The van der Waals surface area contributed by atoms with Crippen molar-refractivity contribution in [3.05, 3.63) is 0 Å². The molecule has 0 aromatic heterocycles. The molecule has 0 rings (SSSR count). The molecule has 30 valence electrons. The Labute approximate surface area is 79.7 Å². The molecule has 0 bridgehead atoms. The van der Waals surface area contributed by atoms with E-state index in [1.807, 2.05) is 0 Å². The van der Waals surface area contributed by atoms with Gasteiger partial charge in [-0.25, -0.2) is 0 Å². The minimum atomic E-state index is 0. The van der Waals surface area contributed by atoms with Gasteiger partial charge in [-0.1, -0.05) is 6.47 Å². The predicted molar refractivity (Wildman–Crippen MR) is 17.3 cm³/mol. The molecule has 0 aliphatic rings. The van der Waals surface area contributed by atoms with E-state index in [-0.39, 0.29) is 51.4 Å². The first-order valence-corrected chi connectivity index (χ1v) is 1.40. The zero-order valence-electron chi connectivity index (χ0n) is 4.02. The summed E-state index contributed by atoms with van der Waals surface area (Å²) in [6, 6.07) is 0. The van der Waals surface area contributed by atoms with Crippen molar-refractivity contribution in [2.45, 2.75) is 6.92 Å². The third-order valence-electron chi connectivity index (χ3n) is 0.203. The maximum Gasteiger partial charge on any atom is 1.00 e. The van der Waals surface area contributed by atoms with E-state index >= 15 is 0 Å². The summed E-state index contributed by atoms with van der Waals surface area (Å²) in [6.45, 7) is 3.41. The van der Waals surface area contributed by atoms with Crippen molar-refractivity contribution < 1.29 is 60.9 Å². The summed E-state index contributed by atoms with van der Waals surface area (Å²) >= 11 is 0. The summed E-state index contributed by atoms with van der Waals surface area (Å²) in [6.07, 6.45) is 0. The van der Waals surface area contributed by atoms with Gasteiger partial charge < -0.3 is 9.53 Å². The molecule has 0 aliphatic heterocycles. The molecule has 0 radical (unpaired) electrons. The van der Waals surface area contributed by atoms with Crippen LogP contribution in [-0.2, 0) is 9.53 Å². The topological polar surface area (TPSA) is 26.3 Å². The molecule has 2 nitrogen and oxygen atoms in total. The van der Waals surface area contributed by atoms with Gasteiger partial charge in [0.1, 0.15) is 0 Å². The largest absolute Gasteiger partial charge is 1.00 e. The summed E-state index contributed by atoms with van der Waals surface area (Å²) in [7, 11) is 0. The summed E-state index contributed by atoms with van der Waals surface area (Å²) < 4.78 is 4.03. The van der Waals surface area contributed by atoms with Gasteiger partial charge in [-0.3, -0.25) is 0 Å². The second-order valence-electron chi connectivity index (χ2n) is 0.516. The van der Waals surface area contributed by atoms with Crippen LogP contribution in [0.15, 0.2) is 0 Å². The zero-order valence-corrected chi connectivity index (χ0v) is 7.15. The van der Waals surface area contributed by atoms with E-state index in [1.165, 1.54) is 6.47 Å². The molecule has 0 spiro atoms. The van der Waals surface area contributed by atoms with E-state index in [9.17, 15) is 0 Å². The maximum atomic E-state index is 9.06. The Morgan fingerprint density at radius 1 is 1.83 bits per heavy atom. The third-order valence-corrected chi connectivity index (χ3v) is 0.203. The van der Waals surface area contributed by atoms with Crippen LogP contribution in [0.2, 0.25) is 0 Å². The van der Waals surface area contributed by atoms with Crippen molar-refractivity contribution in [3.63, 3.8) is 0 Å². The molecule has 0 aliphatic carbocycles. The second-order valence-corrected chi connectivity index (χ2v) is 0.516. The smallest absolute Gasteiger partial charge is 0.653 e. The molecule has 0 saturated heterocycles. The quantitative estimate of drug-likeness (QED) is 0.283. The minimum absolute atomic E-state index is 0. The van der Waals surface area contributed by atoms with Gasteiger partial charge in [-0.05, 0) is 6.92 Å². The van der Waals surface area contributed by atoms with Crippen molar-refractivity contribution in [1.82, 2.24) is 0 Å². The van der Waals surface area contributed by atoms with Crippen LogP contribution in [0.25, 0.3) is 0 Å². The number of hydrogen-bond donors (Lipinski definition) is 0. The Morgan fingerprint density at radius 2 is 2.33 bits per heavy atom. The molecule has 0 fully saturated rings. The van der Waals surface area contributed by atoms with Crippen molar-refractivity contribution in [2.24, 2.45) is 0 Å². The molecule has 0 heterocycles. The average molecular weight is 112 g/mol. The Bertz CT molecular complexity index is 30.0. The van der Waals surface area contributed by atoms with Crippen LogP contribution in [0.5, 0.6) is 0 Å². The summed E-state index contributed by atoms with van der Waals surface area (Å²) in [5, 5.41) is 0. The molecular formula is C3H5KO2. The molecule has 0 saturated carbocycles. The molecule has 0 unspecified atom stereocenters. The van der Waals surface area contributed by atoms with Crippen LogP contribution in [0.3, 0.4) is 0 Å². The van der Waals surface area contributed by atoms with Crippen LogP contribution in [0.4, 0.5) is 0 Å². The number of rotatable bonds is 2. The Hall–Kier alpha value is 1.11. The van der Waals surface area contributed by atoms with E-state index in [1.54, 1.807) is 6.92 Å². The Kier molecular flexibility index (Phi) is 16.0. The van der Waals surface area contributed by atoms with Gasteiger partial charge in [-0.2, -0.15) is 0 Å². The normalized spacial score (nSPS) is 5.50. The van der Waals surface area contributed by atoms with Crippen LogP contribution in [0, 0.1) is 0 Å². The number of carbonyl (C=O) groups excluding carboxylic acids is 1. The van der Waals surface area contributed by atoms with Crippen LogP contribution >= 0.6 is 0 Å². The first kappa shape index (κ1) is 10.2. The van der Waals surface area contributed by atoms with E-state index in [2.05, 4.69) is 4.74 Å². The van der Waals surface area contributed by atoms with Gasteiger partial charge in [0, 0.05) is 6.61 Å². The molecule has 3 heteroatoms. The van der Waals surface area contributed by atoms with E-state index < -0.39 is 0 Å². The van der Waals surface area contributed by atoms with Crippen LogP contribution in [-0.4, -0.2) is 13.1 Å². The average Bonchev–Trinajstić information content (AvgIpc) is 1.41. The summed E-state index contributed by atoms with van der Waals surface area (Å²) in [5.41, 5.74) is 0. The van der Waals surface area contributed by atoms with Gasteiger partial charge in [0.25, 0.3) is 0 Å². The van der Waals surface area contributed by atoms with Crippen LogP contribution < -0.4 is 51.4 Å². The molecule has 0 N–H and O–H groups in total. The maximum absolute atomic E-state index is 9.06. The summed E-state index contributed by atoms with van der Waals surface area (Å²) in [4.78, 5) is 9.06. The fourth-order valence-electron chi connectivity index (χ4n) is 0.0589. The van der Waals surface area contributed by atoms with Gasteiger partial charge in [-0.15, -0.1) is 0 Å². The van der Waals surface area contributed by atoms with Gasteiger partial charge in [0.2, 0.25) is 0 Å². The monoisotopic (exact) mass is 112 g/mol. The Balaban J connectivity index is 0. The van der Waals surface area contributed by atoms with Crippen molar-refractivity contribution in [2.75, 3.05) is 6.61 Å². The number of hydrogen-bond acceptors (Lipinski definition) is 2. The molecule has 0 aromatic rings. The van der Waals surface area contributed by atoms with E-state index in [0.29, 0.717) is 6.61 Å². The first-order chi connectivity index (χ1) is 2.41. The fourth-order valence-corrected chi connectivity index (χ4v) is 0.0589.